The summed E-state index contributed by atoms with van der Waals surface area (Å²) in [6.07, 6.45) is -1.41. The maximum Gasteiger partial charge on any atom is 0.435 e. The lowest BCUT2D eigenvalue weighted by Gasteiger charge is -2.31. The number of hydrogen-bond donors (Lipinski definition) is 0. The lowest BCUT2D eigenvalue weighted by Crippen LogP contribution is -2.25. The predicted molar refractivity (Wildman–Crippen MR) is 58.8 cm³/mol. The van der Waals surface area contributed by atoms with Gasteiger partial charge in [0.1, 0.15) is 0 Å². The van der Waals surface area contributed by atoms with Crippen LogP contribution in [0.1, 0.15) is 57.5 Å². The van der Waals surface area contributed by atoms with Crippen LogP contribution in [0.3, 0.4) is 0 Å². The zero-order chi connectivity index (χ0) is 12.8. The van der Waals surface area contributed by atoms with Gasteiger partial charge >= 0.3 is 6.18 Å². The molecule has 1 heterocycles. The van der Waals surface area contributed by atoms with Crippen molar-refractivity contribution in [1.29, 1.82) is 0 Å². The molecular formula is C12H17F3N2. The summed E-state index contributed by atoms with van der Waals surface area (Å²) < 4.78 is 39.6. The van der Waals surface area contributed by atoms with E-state index in [-0.39, 0.29) is 11.5 Å². The smallest absolute Gasteiger partial charge is 0.265 e. The van der Waals surface area contributed by atoms with Crippen LogP contribution in [-0.4, -0.2) is 9.78 Å². The Labute approximate surface area is 98.8 Å². The zero-order valence-electron chi connectivity index (χ0n) is 10.3. The van der Waals surface area contributed by atoms with Gasteiger partial charge in [-0.1, -0.05) is 20.8 Å². The molecule has 0 spiro atoms. The third-order valence-electron chi connectivity index (χ3n) is 3.22. The fourth-order valence-corrected chi connectivity index (χ4v) is 2.00. The monoisotopic (exact) mass is 246 g/mol. The van der Waals surface area contributed by atoms with Gasteiger partial charge in [0.15, 0.2) is 5.69 Å². The quantitative estimate of drug-likeness (QED) is 0.734. The summed E-state index contributed by atoms with van der Waals surface area (Å²) in [6, 6.07) is 1.35. The Hall–Kier alpha value is -1.00. The van der Waals surface area contributed by atoms with E-state index in [0.717, 1.165) is 19.3 Å². The van der Waals surface area contributed by atoms with Crippen molar-refractivity contribution in [2.24, 2.45) is 0 Å². The lowest BCUT2D eigenvalue weighted by atomic mass is 9.88. The minimum absolute atomic E-state index is 0.153. The average Bonchev–Trinajstić information content (AvgIpc) is 2.42. The number of rotatable bonds is 1. The first-order valence-corrected chi connectivity index (χ1v) is 5.87. The SMILES string of the molecule is CC(C)(C)c1cc(C(F)(F)F)nn1C1CCC1. The molecule has 1 aliphatic rings. The van der Waals surface area contributed by atoms with E-state index in [4.69, 9.17) is 0 Å². The molecule has 0 bridgehead atoms. The average molecular weight is 246 g/mol. The van der Waals surface area contributed by atoms with Gasteiger partial charge in [0.2, 0.25) is 0 Å². The molecule has 0 aliphatic heterocycles. The van der Waals surface area contributed by atoms with E-state index in [2.05, 4.69) is 5.10 Å². The van der Waals surface area contributed by atoms with E-state index >= 15 is 0 Å². The predicted octanol–water partition coefficient (Wildman–Crippen LogP) is 3.92. The van der Waals surface area contributed by atoms with Crippen LogP contribution in [0, 0.1) is 0 Å². The summed E-state index contributed by atoms with van der Waals surface area (Å²) in [7, 11) is 0. The number of hydrogen-bond acceptors (Lipinski definition) is 1. The van der Waals surface area contributed by atoms with E-state index in [1.165, 1.54) is 6.07 Å². The molecule has 2 nitrogen and oxygen atoms in total. The molecule has 0 atom stereocenters. The highest BCUT2D eigenvalue weighted by molar-refractivity contribution is 5.21. The minimum atomic E-state index is -4.35. The number of aromatic nitrogens is 2. The molecule has 17 heavy (non-hydrogen) atoms. The summed E-state index contributed by atoms with van der Waals surface area (Å²) in [6.45, 7) is 5.75. The Balaban J connectivity index is 2.44. The Bertz CT molecular complexity index is 408. The molecule has 96 valence electrons. The number of nitrogens with zero attached hydrogens (tertiary/aromatic N) is 2. The molecule has 1 fully saturated rings. The lowest BCUT2D eigenvalue weighted by molar-refractivity contribution is -0.141. The highest BCUT2D eigenvalue weighted by atomic mass is 19.4. The molecule has 2 rings (SSSR count). The fraction of sp³-hybridized carbons (Fsp3) is 0.750. The Morgan fingerprint density at radius 3 is 2.18 bits per heavy atom. The van der Waals surface area contributed by atoms with E-state index < -0.39 is 11.9 Å². The normalized spacial score (nSPS) is 18.2. The fourth-order valence-electron chi connectivity index (χ4n) is 2.00. The van der Waals surface area contributed by atoms with Crippen molar-refractivity contribution in [2.75, 3.05) is 0 Å². The van der Waals surface area contributed by atoms with Gasteiger partial charge in [-0.3, -0.25) is 4.68 Å². The molecule has 0 N–H and O–H groups in total. The van der Waals surface area contributed by atoms with Crippen molar-refractivity contribution < 1.29 is 13.2 Å². The van der Waals surface area contributed by atoms with Crippen LogP contribution in [-0.2, 0) is 11.6 Å². The molecule has 0 saturated heterocycles. The van der Waals surface area contributed by atoms with Gasteiger partial charge in [-0.15, -0.1) is 0 Å². The zero-order valence-corrected chi connectivity index (χ0v) is 10.3. The molecular weight excluding hydrogens is 229 g/mol. The summed E-state index contributed by atoms with van der Waals surface area (Å²) >= 11 is 0. The Morgan fingerprint density at radius 1 is 1.24 bits per heavy atom. The summed E-state index contributed by atoms with van der Waals surface area (Å²) in [5, 5.41) is 3.76. The second-order valence-electron chi connectivity index (χ2n) is 5.69. The van der Waals surface area contributed by atoms with Crippen LogP contribution in [0.25, 0.3) is 0 Å². The number of halogens is 3. The van der Waals surface area contributed by atoms with Gasteiger partial charge < -0.3 is 0 Å². The second-order valence-corrected chi connectivity index (χ2v) is 5.69. The van der Waals surface area contributed by atoms with Crippen molar-refractivity contribution >= 4 is 0 Å². The standard InChI is InChI=1S/C12H17F3N2/c1-11(2,3)10-7-9(12(13,14)15)16-17(10)8-5-4-6-8/h7-8H,4-6H2,1-3H3. The molecule has 0 radical (unpaired) electrons. The summed E-state index contributed by atoms with van der Waals surface area (Å²) in [4.78, 5) is 0. The molecule has 5 heteroatoms. The first-order valence-electron chi connectivity index (χ1n) is 5.87. The largest absolute Gasteiger partial charge is 0.435 e. The second kappa shape index (κ2) is 3.75. The van der Waals surface area contributed by atoms with Crippen LogP contribution >= 0.6 is 0 Å². The van der Waals surface area contributed by atoms with Crippen molar-refractivity contribution in [3.63, 3.8) is 0 Å². The van der Waals surface area contributed by atoms with Gasteiger partial charge in [0.05, 0.1) is 6.04 Å². The molecule has 1 saturated carbocycles. The maximum absolute atomic E-state index is 12.7. The first kappa shape index (κ1) is 12.5. The molecule has 1 aliphatic carbocycles. The topological polar surface area (TPSA) is 17.8 Å². The molecule has 1 aromatic heterocycles. The van der Waals surface area contributed by atoms with Crippen molar-refractivity contribution in [1.82, 2.24) is 9.78 Å². The van der Waals surface area contributed by atoms with Crippen LogP contribution in [0.5, 0.6) is 0 Å². The summed E-state index contributed by atoms with van der Waals surface area (Å²) in [5.41, 5.74) is -0.407. The third kappa shape index (κ3) is 2.33. The van der Waals surface area contributed by atoms with E-state index in [1.807, 2.05) is 20.8 Å². The van der Waals surface area contributed by atoms with Gasteiger partial charge in [0, 0.05) is 11.1 Å². The molecule has 0 unspecified atom stereocenters. The molecule has 0 amide bonds. The van der Waals surface area contributed by atoms with Crippen molar-refractivity contribution in [3.8, 4) is 0 Å². The van der Waals surface area contributed by atoms with Gasteiger partial charge in [0.25, 0.3) is 0 Å². The third-order valence-corrected chi connectivity index (χ3v) is 3.22. The van der Waals surface area contributed by atoms with Crippen LogP contribution in [0.4, 0.5) is 13.2 Å². The molecule has 0 aromatic carbocycles. The van der Waals surface area contributed by atoms with Gasteiger partial charge in [-0.05, 0) is 25.3 Å². The van der Waals surface area contributed by atoms with E-state index in [9.17, 15) is 13.2 Å². The van der Waals surface area contributed by atoms with Crippen molar-refractivity contribution in [2.45, 2.75) is 57.7 Å². The van der Waals surface area contributed by atoms with E-state index in [0.29, 0.717) is 5.69 Å². The highest BCUT2D eigenvalue weighted by Gasteiger charge is 2.38. The minimum Gasteiger partial charge on any atom is -0.265 e. The van der Waals surface area contributed by atoms with Crippen LogP contribution in [0.2, 0.25) is 0 Å². The van der Waals surface area contributed by atoms with Crippen LogP contribution < -0.4 is 0 Å². The van der Waals surface area contributed by atoms with Crippen LogP contribution in [0.15, 0.2) is 6.07 Å². The van der Waals surface area contributed by atoms with Gasteiger partial charge in [-0.25, -0.2) is 0 Å². The maximum atomic E-state index is 12.7. The molecule has 1 aromatic rings. The first-order chi connectivity index (χ1) is 7.69. The highest BCUT2D eigenvalue weighted by Crippen LogP contribution is 2.38. The summed E-state index contributed by atoms with van der Waals surface area (Å²) in [5.74, 6) is 0. The Kier molecular flexibility index (Phi) is 2.75. The van der Waals surface area contributed by atoms with Gasteiger partial charge in [-0.2, -0.15) is 18.3 Å². The van der Waals surface area contributed by atoms with E-state index in [1.54, 1.807) is 4.68 Å². The number of alkyl halides is 3. The Morgan fingerprint density at radius 2 is 1.82 bits per heavy atom. The van der Waals surface area contributed by atoms with Crippen molar-refractivity contribution in [3.05, 3.63) is 17.5 Å².